The van der Waals surface area contributed by atoms with E-state index in [1.807, 2.05) is 11.4 Å². The van der Waals surface area contributed by atoms with E-state index >= 15 is 0 Å². The molecule has 2 aromatic heterocycles. The highest BCUT2D eigenvalue weighted by Gasteiger charge is 2.07. The zero-order valence-corrected chi connectivity index (χ0v) is 10.8. The Morgan fingerprint density at radius 2 is 2.33 bits per heavy atom. The van der Waals surface area contributed by atoms with Crippen LogP contribution in [0.4, 0.5) is 5.82 Å². The maximum Gasteiger partial charge on any atom is 0.269 e. The van der Waals surface area contributed by atoms with Crippen molar-refractivity contribution in [2.45, 2.75) is 6.42 Å². The van der Waals surface area contributed by atoms with Gasteiger partial charge in [-0.05, 0) is 12.1 Å². The molecule has 2 aromatic rings. The predicted molar refractivity (Wildman–Crippen MR) is 71.9 cm³/mol. The second-order valence-corrected chi connectivity index (χ2v) is 4.57. The van der Waals surface area contributed by atoms with Crippen molar-refractivity contribution in [2.75, 3.05) is 18.9 Å². The fraction of sp³-hybridized carbons (Fsp3) is 0.250. The summed E-state index contributed by atoms with van der Waals surface area (Å²) < 4.78 is 0. The third-order valence-corrected chi connectivity index (χ3v) is 3.19. The number of pyridine rings is 1. The Bertz CT molecular complexity index is 513. The maximum atomic E-state index is 11.8. The van der Waals surface area contributed by atoms with Gasteiger partial charge < -0.3 is 10.6 Å². The van der Waals surface area contributed by atoms with Gasteiger partial charge in [0.05, 0.1) is 5.01 Å². The molecule has 2 heterocycles. The van der Waals surface area contributed by atoms with Gasteiger partial charge in [0.1, 0.15) is 11.5 Å². The van der Waals surface area contributed by atoms with Crippen LogP contribution in [0.1, 0.15) is 15.5 Å². The van der Waals surface area contributed by atoms with Crippen molar-refractivity contribution in [1.29, 1.82) is 0 Å². The maximum absolute atomic E-state index is 11.8. The monoisotopic (exact) mass is 262 g/mol. The van der Waals surface area contributed by atoms with Crippen molar-refractivity contribution in [3.8, 4) is 0 Å². The minimum atomic E-state index is -0.163. The summed E-state index contributed by atoms with van der Waals surface area (Å²) in [5.74, 6) is 0.520. The summed E-state index contributed by atoms with van der Waals surface area (Å²) in [4.78, 5) is 20.1. The fourth-order valence-electron chi connectivity index (χ4n) is 1.45. The molecule has 0 aromatic carbocycles. The molecule has 1 amide bonds. The first-order chi connectivity index (χ1) is 8.79. The van der Waals surface area contributed by atoms with Gasteiger partial charge in [-0.15, -0.1) is 11.3 Å². The van der Waals surface area contributed by atoms with Gasteiger partial charge in [-0.2, -0.15) is 0 Å². The second-order valence-electron chi connectivity index (χ2n) is 3.59. The van der Waals surface area contributed by atoms with E-state index in [2.05, 4.69) is 20.6 Å². The minimum absolute atomic E-state index is 0.163. The molecular formula is C12H14N4OS. The van der Waals surface area contributed by atoms with Crippen molar-refractivity contribution in [1.82, 2.24) is 15.3 Å². The molecule has 0 saturated carbocycles. The summed E-state index contributed by atoms with van der Waals surface area (Å²) in [5.41, 5.74) is 0.418. The van der Waals surface area contributed by atoms with Crippen molar-refractivity contribution in [3.05, 3.63) is 40.5 Å². The molecule has 18 heavy (non-hydrogen) atoms. The first-order valence-corrected chi connectivity index (χ1v) is 6.49. The SMILES string of the molecule is CNc1cccc(C(=O)NCCc2nccs2)n1. The van der Waals surface area contributed by atoms with E-state index < -0.39 is 0 Å². The van der Waals surface area contributed by atoms with Crippen LogP contribution in [0.3, 0.4) is 0 Å². The largest absolute Gasteiger partial charge is 0.373 e. The zero-order chi connectivity index (χ0) is 12.8. The number of anilines is 1. The van der Waals surface area contributed by atoms with E-state index in [4.69, 9.17) is 0 Å². The van der Waals surface area contributed by atoms with Gasteiger partial charge in [-0.1, -0.05) is 6.07 Å². The molecule has 0 spiro atoms. The molecule has 94 valence electrons. The molecule has 0 saturated heterocycles. The number of hydrogen-bond donors (Lipinski definition) is 2. The Balaban J connectivity index is 1.87. The molecule has 5 nitrogen and oxygen atoms in total. The average Bonchev–Trinajstić information content (AvgIpc) is 2.92. The van der Waals surface area contributed by atoms with Crippen molar-refractivity contribution in [3.63, 3.8) is 0 Å². The smallest absolute Gasteiger partial charge is 0.269 e. The highest BCUT2D eigenvalue weighted by molar-refractivity contribution is 7.09. The van der Waals surface area contributed by atoms with Crippen LogP contribution in [-0.4, -0.2) is 29.5 Å². The number of nitrogens with zero attached hydrogens (tertiary/aromatic N) is 2. The molecule has 0 fully saturated rings. The molecule has 0 aliphatic rings. The Morgan fingerprint density at radius 1 is 1.44 bits per heavy atom. The Labute approximate surface area is 109 Å². The van der Waals surface area contributed by atoms with E-state index in [9.17, 15) is 4.79 Å². The highest BCUT2D eigenvalue weighted by Crippen LogP contribution is 2.05. The summed E-state index contributed by atoms with van der Waals surface area (Å²) in [6.07, 6.45) is 2.51. The molecule has 2 rings (SSSR count). The van der Waals surface area contributed by atoms with E-state index in [0.29, 0.717) is 18.1 Å². The molecule has 0 atom stereocenters. The van der Waals surface area contributed by atoms with Gasteiger partial charge >= 0.3 is 0 Å². The lowest BCUT2D eigenvalue weighted by Crippen LogP contribution is -2.26. The molecule has 0 bridgehead atoms. The van der Waals surface area contributed by atoms with E-state index in [1.54, 1.807) is 36.7 Å². The number of rotatable bonds is 5. The highest BCUT2D eigenvalue weighted by atomic mass is 32.1. The lowest BCUT2D eigenvalue weighted by atomic mass is 10.3. The Hall–Kier alpha value is -1.95. The van der Waals surface area contributed by atoms with Gasteiger partial charge in [0.15, 0.2) is 0 Å². The number of carbonyl (C=O) groups is 1. The number of carbonyl (C=O) groups excluding carboxylic acids is 1. The number of nitrogens with one attached hydrogen (secondary N) is 2. The van der Waals surface area contributed by atoms with Crippen LogP contribution in [-0.2, 0) is 6.42 Å². The van der Waals surface area contributed by atoms with Crippen LogP contribution in [0.25, 0.3) is 0 Å². The molecule has 0 aliphatic carbocycles. The van der Waals surface area contributed by atoms with Gasteiger partial charge in [0.2, 0.25) is 0 Å². The van der Waals surface area contributed by atoms with Crippen molar-refractivity contribution < 1.29 is 4.79 Å². The summed E-state index contributed by atoms with van der Waals surface area (Å²) in [6.45, 7) is 0.567. The van der Waals surface area contributed by atoms with Crippen LogP contribution >= 0.6 is 11.3 Å². The minimum Gasteiger partial charge on any atom is -0.373 e. The van der Waals surface area contributed by atoms with Crippen LogP contribution in [0.5, 0.6) is 0 Å². The number of amides is 1. The lowest BCUT2D eigenvalue weighted by molar-refractivity contribution is 0.0949. The molecule has 6 heteroatoms. The Morgan fingerprint density at radius 3 is 3.06 bits per heavy atom. The molecule has 0 unspecified atom stereocenters. The van der Waals surface area contributed by atoms with Crippen LogP contribution in [0.15, 0.2) is 29.8 Å². The van der Waals surface area contributed by atoms with Crippen LogP contribution < -0.4 is 10.6 Å². The predicted octanol–water partition coefficient (Wildman–Crippen LogP) is 1.55. The summed E-state index contributed by atoms with van der Waals surface area (Å²) in [7, 11) is 1.77. The topological polar surface area (TPSA) is 66.9 Å². The zero-order valence-electron chi connectivity index (χ0n) is 10.0. The van der Waals surface area contributed by atoms with Gasteiger partial charge in [0, 0.05) is 31.6 Å². The quantitative estimate of drug-likeness (QED) is 0.858. The summed E-state index contributed by atoms with van der Waals surface area (Å²) in [6, 6.07) is 5.31. The molecular weight excluding hydrogens is 248 g/mol. The third kappa shape index (κ3) is 3.27. The Kier molecular flexibility index (Phi) is 4.25. The fourth-order valence-corrected chi connectivity index (χ4v) is 2.07. The van der Waals surface area contributed by atoms with Gasteiger partial charge in [0.25, 0.3) is 5.91 Å². The standard InChI is InChI=1S/C12H14N4OS/c1-13-10-4-2-3-9(16-10)12(17)15-6-5-11-14-7-8-18-11/h2-4,7-8H,5-6H2,1H3,(H,13,16)(H,15,17). The van der Waals surface area contributed by atoms with E-state index in [-0.39, 0.29) is 5.91 Å². The molecule has 0 radical (unpaired) electrons. The molecule has 0 aliphatic heterocycles. The van der Waals surface area contributed by atoms with Crippen LogP contribution in [0, 0.1) is 0 Å². The first-order valence-electron chi connectivity index (χ1n) is 5.61. The third-order valence-electron chi connectivity index (χ3n) is 2.35. The summed E-state index contributed by atoms with van der Waals surface area (Å²) in [5, 5.41) is 8.67. The lowest BCUT2D eigenvalue weighted by Gasteiger charge is -2.05. The van der Waals surface area contributed by atoms with E-state index in [0.717, 1.165) is 11.4 Å². The number of aromatic nitrogens is 2. The van der Waals surface area contributed by atoms with E-state index in [1.165, 1.54) is 0 Å². The number of hydrogen-bond acceptors (Lipinski definition) is 5. The van der Waals surface area contributed by atoms with Gasteiger partial charge in [-0.25, -0.2) is 9.97 Å². The van der Waals surface area contributed by atoms with Gasteiger partial charge in [-0.3, -0.25) is 4.79 Å². The molecule has 2 N–H and O–H groups in total. The van der Waals surface area contributed by atoms with Crippen LogP contribution in [0.2, 0.25) is 0 Å². The van der Waals surface area contributed by atoms with Crippen molar-refractivity contribution in [2.24, 2.45) is 0 Å². The summed E-state index contributed by atoms with van der Waals surface area (Å²) >= 11 is 1.59. The second kappa shape index (κ2) is 6.11. The number of thiazole rings is 1. The van der Waals surface area contributed by atoms with Crippen molar-refractivity contribution >= 4 is 23.1 Å². The first kappa shape index (κ1) is 12.5. The normalized spacial score (nSPS) is 10.1. The average molecular weight is 262 g/mol.